The molecule has 1 saturated heterocycles. The summed E-state index contributed by atoms with van der Waals surface area (Å²) in [5.74, 6) is -0.479. The van der Waals surface area contributed by atoms with Crippen LogP contribution in [0.5, 0.6) is 11.5 Å². The van der Waals surface area contributed by atoms with Crippen molar-refractivity contribution in [2.45, 2.75) is 93.7 Å². The number of nitrogens with zero attached hydrogens (tertiary/aromatic N) is 1. The van der Waals surface area contributed by atoms with Crippen LogP contribution in [0.4, 0.5) is 0 Å². The van der Waals surface area contributed by atoms with Gasteiger partial charge in [0.05, 0.1) is 25.2 Å². The van der Waals surface area contributed by atoms with Crippen molar-refractivity contribution in [1.82, 2.24) is 4.90 Å². The van der Waals surface area contributed by atoms with E-state index in [9.17, 15) is 19.8 Å². The van der Waals surface area contributed by atoms with Crippen molar-refractivity contribution in [2.24, 2.45) is 0 Å². The molecule has 5 rings (SSSR count). The maximum Gasteiger partial charge on any atom is 0.339 e. The molecule has 1 saturated carbocycles. The zero-order chi connectivity index (χ0) is 27.3. The monoisotopic (exact) mass is 533 g/mol. The highest BCUT2D eigenvalue weighted by molar-refractivity contribution is 5.86. The summed E-state index contributed by atoms with van der Waals surface area (Å²) in [5, 5.41) is 21.7. The molecule has 0 aromatic heterocycles. The maximum atomic E-state index is 13.7. The summed E-state index contributed by atoms with van der Waals surface area (Å²) in [5.41, 5.74) is -1.40. The minimum Gasteiger partial charge on any atom is -0.469 e. The van der Waals surface area contributed by atoms with E-state index in [-0.39, 0.29) is 31.1 Å². The first kappa shape index (κ1) is 27.2. The molecule has 2 N–H and O–H groups in total. The number of hydrogen-bond acceptors (Lipinski definition) is 10. The van der Waals surface area contributed by atoms with E-state index in [4.69, 9.17) is 23.7 Å². The Morgan fingerprint density at radius 2 is 1.87 bits per heavy atom. The second-order valence-electron chi connectivity index (χ2n) is 11.8. The molecule has 0 unspecified atom stereocenters. The second-order valence-corrected chi connectivity index (χ2v) is 11.8. The number of rotatable bonds is 8. The van der Waals surface area contributed by atoms with Gasteiger partial charge in [-0.25, -0.2) is 4.79 Å². The van der Waals surface area contributed by atoms with Crippen molar-refractivity contribution in [3.8, 4) is 11.5 Å². The smallest absolute Gasteiger partial charge is 0.339 e. The van der Waals surface area contributed by atoms with Crippen molar-refractivity contribution < 1.29 is 43.5 Å². The molecule has 0 amide bonds. The largest absolute Gasteiger partial charge is 0.469 e. The van der Waals surface area contributed by atoms with E-state index in [1.807, 2.05) is 12.1 Å². The number of carbonyl (C=O) groups is 2. The average Bonchev–Trinajstić information content (AvgIpc) is 3.56. The molecule has 1 aromatic rings. The predicted octanol–water partition coefficient (Wildman–Crippen LogP) is 2.07. The number of hydrogen-bond donors (Lipinski definition) is 2. The zero-order valence-electron chi connectivity index (χ0n) is 22.7. The van der Waals surface area contributed by atoms with Gasteiger partial charge in [0.25, 0.3) is 0 Å². The lowest BCUT2D eigenvalue weighted by Crippen LogP contribution is -2.49. The molecule has 0 bridgehead atoms. The van der Waals surface area contributed by atoms with Crippen LogP contribution in [0.15, 0.2) is 12.1 Å². The van der Waals surface area contributed by atoms with Crippen LogP contribution >= 0.6 is 0 Å². The Bertz CT molecular complexity index is 1080. The molecule has 1 aromatic carbocycles. The van der Waals surface area contributed by atoms with Gasteiger partial charge in [-0.05, 0) is 82.2 Å². The number of esters is 2. The summed E-state index contributed by atoms with van der Waals surface area (Å²) >= 11 is 0. The van der Waals surface area contributed by atoms with Crippen LogP contribution in [0.2, 0.25) is 0 Å². The summed E-state index contributed by atoms with van der Waals surface area (Å²) in [7, 11) is 2.81. The maximum absolute atomic E-state index is 13.7. The van der Waals surface area contributed by atoms with Crippen LogP contribution in [0.3, 0.4) is 0 Å². The zero-order valence-corrected chi connectivity index (χ0v) is 22.7. The SMILES string of the molecule is COC(=O)C[C@@](O)(CCC(C)(C)O)C(=O)O[C@@H]1[C@H]2c3cc4c(cc3CCN3CCC[C@@]23C[C@H]1OC)OCO4. The summed E-state index contributed by atoms with van der Waals surface area (Å²) in [6.45, 7) is 5.16. The molecule has 5 atom stereocenters. The molecular formula is C28H39NO9. The molecule has 0 radical (unpaired) electrons. The van der Waals surface area contributed by atoms with E-state index in [1.165, 1.54) is 7.11 Å². The fourth-order valence-electron chi connectivity index (χ4n) is 6.90. The lowest BCUT2D eigenvalue weighted by molar-refractivity contribution is -0.183. The van der Waals surface area contributed by atoms with Gasteiger partial charge in [0, 0.05) is 25.1 Å². The Balaban J connectivity index is 1.52. The fourth-order valence-corrected chi connectivity index (χ4v) is 6.90. The Hall–Kier alpha value is -2.40. The molecule has 10 nitrogen and oxygen atoms in total. The van der Waals surface area contributed by atoms with Gasteiger partial charge in [0.1, 0.15) is 6.10 Å². The van der Waals surface area contributed by atoms with E-state index in [2.05, 4.69) is 4.90 Å². The molecule has 2 fully saturated rings. The van der Waals surface area contributed by atoms with Crippen molar-refractivity contribution in [2.75, 3.05) is 34.1 Å². The third-order valence-corrected chi connectivity index (χ3v) is 8.86. The fraction of sp³-hybridized carbons (Fsp3) is 0.714. The first-order valence-electron chi connectivity index (χ1n) is 13.4. The van der Waals surface area contributed by atoms with Crippen LogP contribution in [-0.2, 0) is 30.2 Å². The Morgan fingerprint density at radius 3 is 2.55 bits per heavy atom. The number of carbonyl (C=O) groups excluding carboxylic acids is 2. The molecule has 10 heteroatoms. The summed E-state index contributed by atoms with van der Waals surface area (Å²) < 4.78 is 28.2. The van der Waals surface area contributed by atoms with Gasteiger partial charge in [-0.1, -0.05) is 0 Å². The molecule has 3 aliphatic heterocycles. The van der Waals surface area contributed by atoms with Crippen molar-refractivity contribution in [3.63, 3.8) is 0 Å². The van der Waals surface area contributed by atoms with Gasteiger partial charge < -0.3 is 33.9 Å². The first-order chi connectivity index (χ1) is 18.0. The van der Waals surface area contributed by atoms with Gasteiger partial charge in [0.2, 0.25) is 6.79 Å². The highest BCUT2D eigenvalue weighted by atomic mass is 16.7. The van der Waals surface area contributed by atoms with E-state index in [0.717, 1.165) is 43.5 Å². The van der Waals surface area contributed by atoms with Crippen LogP contribution in [0.1, 0.15) is 69.4 Å². The van der Waals surface area contributed by atoms with Crippen LogP contribution in [0, 0.1) is 0 Å². The van der Waals surface area contributed by atoms with Gasteiger partial charge >= 0.3 is 11.9 Å². The average molecular weight is 534 g/mol. The Morgan fingerprint density at radius 1 is 1.13 bits per heavy atom. The number of aliphatic hydroxyl groups is 2. The summed E-state index contributed by atoms with van der Waals surface area (Å²) in [6.07, 6.45) is 1.73. The highest BCUT2D eigenvalue weighted by Gasteiger charge is 2.62. The number of benzene rings is 1. The van der Waals surface area contributed by atoms with E-state index < -0.39 is 41.8 Å². The number of methoxy groups -OCH3 is 2. The molecule has 1 spiro atoms. The molecule has 4 aliphatic rings. The van der Waals surface area contributed by atoms with Gasteiger partial charge in [0.15, 0.2) is 17.1 Å². The van der Waals surface area contributed by atoms with E-state index in [1.54, 1.807) is 21.0 Å². The molecule has 38 heavy (non-hydrogen) atoms. The lowest BCUT2D eigenvalue weighted by atomic mass is 9.78. The Labute approximate surface area is 223 Å². The summed E-state index contributed by atoms with van der Waals surface area (Å²) in [6, 6.07) is 4.04. The van der Waals surface area contributed by atoms with Crippen LogP contribution in [0.25, 0.3) is 0 Å². The molecule has 3 heterocycles. The van der Waals surface area contributed by atoms with Crippen LogP contribution < -0.4 is 9.47 Å². The quantitative estimate of drug-likeness (QED) is 0.480. The van der Waals surface area contributed by atoms with Crippen molar-refractivity contribution in [1.29, 1.82) is 0 Å². The lowest BCUT2D eigenvalue weighted by Gasteiger charge is -2.40. The predicted molar refractivity (Wildman–Crippen MR) is 135 cm³/mol. The van der Waals surface area contributed by atoms with E-state index >= 15 is 0 Å². The van der Waals surface area contributed by atoms with E-state index in [0.29, 0.717) is 17.9 Å². The number of ether oxygens (including phenoxy) is 5. The first-order valence-corrected chi connectivity index (χ1v) is 13.4. The normalized spacial score (nSPS) is 29.6. The topological polar surface area (TPSA) is 124 Å². The highest BCUT2D eigenvalue weighted by Crippen LogP contribution is 2.57. The standard InChI is InChI=1S/C28H39NO9/c1-26(2,32)8-9-28(33,15-22(30)35-4)25(31)38-24-21(34-3)14-27-7-5-10-29(27)11-6-17-12-19-20(37-16-36-19)13-18(17)23(24)27/h12-13,21,23-24,32-33H,5-11,14-16H2,1-4H3/t21-,23-,24+,27-,28+/m1/s1. The van der Waals surface area contributed by atoms with Crippen LogP contribution in [-0.4, -0.2) is 90.1 Å². The van der Waals surface area contributed by atoms with Gasteiger partial charge in [-0.2, -0.15) is 0 Å². The minimum atomic E-state index is -2.15. The third kappa shape index (κ3) is 4.76. The molecule has 210 valence electrons. The molecule has 1 aliphatic carbocycles. The third-order valence-electron chi connectivity index (χ3n) is 8.86. The summed E-state index contributed by atoms with van der Waals surface area (Å²) in [4.78, 5) is 28.4. The Kier molecular flexibility index (Phi) is 7.13. The van der Waals surface area contributed by atoms with Crippen molar-refractivity contribution in [3.05, 3.63) is 23.3 Å². The number of fused-ring (bicyclic) bond motifs is 3. The molecular weight excluding hydrogens is 494 g/mol. The van der Waals surface area contributed by atoms with Crippen molar-refractivity contribution >= 4 is 11.9 Å². The van der Waals surface area contributed by atoms with Gasteiger partial charge in [-0.3, -0.25) is 9.69 Å². The second kappa shape index (κ2) is 9.97. The minimum absolute atomic E-state index is 0.0847. The van der Waals surface area contributed by atoms with Gasteiger partial charge in [-0.15, -0.1) is 0 Å².